The number of aliphatic carboxylic acids is 1. The molecule has 0 saturated heterocycles. The Morgan fingerprint density at radius 1 is 0.925 bits per heavy atom. The molecule has 0 saturated carbocycles. The second-order valence-corrected chi connectivity index (χ2v) is 12.8. The number of carboxylic acids is 1. The van der Waals surface area contributed by atoms with Crippen molar-refractivity contribution in [3.8, 4) is 0 Å². The molecule has 0 fully saturated rings. The average Bonchev–Trinajstić information content (AvgIpc) is 2.91. The lowest BCUT2D eigenvalue weighted by Crippen LogP contribution is -2.43. The molecule has 1 aromatic heterocycles. The highest BCUT2D eigenvalue weighted by atomic mass is 32.2. The van der Waals surface area contributed by atoms with E-state index in [1.807, 2.05) is 12.1 Å². The predicted molar refractivity (Wildman–Crippen MR) is 166 cm³/mol. The van der Waals surface area contributed by atoms with Gasteiger partial charge in [0, 0.05) is 24.5 Å². The zero-order chi connectivity index (χ0) is 29.4. The van der Waals surface area contributed by atoms with E-state index in [-0.39, 0.29) is 17.1 Å². The number of unbranched alkanes of at least 4 members (excludes halogenated alkanes) is 9. The van der Waals surface area contributed by atoms with Crippen molar-refractivity contribution in [2.45, 2.75) is 134 Å². The van der Waals surface area contributed by atoms with Gasteiger partial charge in [0.05, 0.1) is 0 Å². The summed E-state index contributed by atoms with van der Waals surface area (Å²) >= 11 is 1.35. The number of aromatic nitrogens is 3. The molecule has 0 radical (unpaired) electrons. The van der Waals surface area contributed by atoms with Crippen molar-refractivity contribution in [2.24, 2.45) is 0 Å². The van der Waals surface area contributed by atoms with E-state index in [2.05, 4.69) is 36.4 Å². The molecule has 1 aromatic carbocycles. The molecule has 0 atom stereocenters. The average molecular weight is 575 g/mol. The fourth-order valence-electron chi connectivity index (χ4n) is 4.52. The van der Waals surface area contributed by atoms with Gasteiger partial charge in [0.2, 0.25) is 5.82 Å². The minimum Gasteiger partial charge on any atom is -0.480 e. The van der Waals surface area contributed by atoms with Gasteiger partial charge in [-0.2, -0.15) is 0 Å². The van der Waals surface area contributed by atoms with E-state index in [4.69, 9.17) is 0 Å². The first kappa shape index (κ1) is 33.7. The molecule has 0 aliphatic carbocycles. The summed E-state index contributed by atoms with van der Waals surface area (Å²) in [7, 11) is 0. The number of hydrogen-bond acceptors (Lipinski definition) is 6. The molecule has 8 nitrogen and oxygen atoms in total. The van der Waals surface area contributed by atoms with Crippen LogP contribution in [0.25, 0.3) is 0 Å². The first-order chi connectivity index (χ1) is 19.2. The molecule has 0 bridgehead atoms. The first-order valence-electron chi connectivity index (χ1n) is 15.2. The van der Waals surface area contributed by atoms with Crippen LogP contribution in [0.5, 0.6) is 0 Å². The van der Waals surface area contributed by atoms with Crippen LogP contribution in [-0.4, -0.2) is 36.7 Å². The molecule has 2 aromatic rings. The monoisotopic (exact) mass is 574 g/mol. The Labute approximate surface area is 244 Å². The third-order valence-corrected chi connectivity index (χ3v) is 8.22. The normalized spacial score (nSPS) is 11.6. The van der Waals surface area contributed by atoms with E-state index < -0.39 is 10.7 Å². The lowest BCUT2D eigenvalue weighted by molar-refractivity contribution is -0.138. The Balaban J connectivity index is 1.99. The number of benzene rings is 1. The lowest BCUT2D eigenvalue weighted by Gasteiger charge is -2.18. The molecule has 2 rings (SSSR count). The van der Waals surface area contributed by atoms with Crippen molar-refractivity contribution in [3.63, 3.8) is 0 Å². The maximum atomic E-state index is 13.1. The number of anilines is 1. The molecule has 9 heteroatoms. The molecule has 0 amide bonds. The number of thioether (sulfide) groups is 1. The highest BCUT2D eigenvalue weighted by Crippen LogP contribution is 2.33. The number of carbonyl (C=O) groups is 1. The second kappa shape index (κ2) is 18.0. The van der Waals surface area contributed by atoms with E-state index in [0.717, 1.165) is 74.7 Å². The van der Waals surface area contributed by atoms with Gasteiger partial charge >= 0.3 is 11.7 Å². The topological polar surface area (TPSA) is 106 Å². The SMILES string of the molecule is CCCCCCCn1nc(NCCCCc2cccc(SC(C)(C)C(=O)O)c2)c(=O)n(CCCCCCC)c1=O. The summed E-state index contributed by atoms with van der Waals surface area (Å²) in [5, 5.41) is 17.0. The quantitative estimate of drug-likeness (QED) is 0.126. The van der Waals surface area contributed by atoms with Crippen LogP contribution < -0.4 is 16.6 Å². The van der Waals surface area contributed by atoms with E-state index >= 15 is 0 Å². The van der Waals surface area contributed by atoms with Crippen molar-refractivity contribution in [1.82, 2.24) is 14.3 Å². The molecule has 0 spiro atoms. The predicted octanol–water partition coefficient (Wildman–Crippen LogP) is 6.74. The largest absolute Gasteiger partial charge is 0.480 e. The zero-order valence-corrected chi connectivity index (χ0v) is 25.9. The van der Waals surface area contributed by atoms with Gasteiger partial charge in [-0.25, -0.2) is 9.48 Å². The van der Waals surface area contributed by atoms with Crippen molar-refractivity contribution in [2.75, 3.05) is 11.9 Å². The van der Waals surface area contributed by atoms with E-state index in [9.17, 15) is 19.5 Å². The summed E-state index contributed by atoms with van der Waals surface area (Å²) in [6.07, 6.45) is 13.3. The van der Waals surface area contributed by atoms with Gasteiger partial charge in [0.25, 0.3) is 5.56 Å². The van der Waals surface area contributed by atoms with Crippen molar-refractivity contribution < 1.29 is 9.90 Å². The Bertz CT molecular complexity index is 1160. The fraction of sp³-hybridized carbons (Fsp3) is 0.677. The van der Waals surface area contributed by atoms with Gasteiger partial charge in [-0.1, -0.05) is 77.3 Å². The van der Waals surface area contributed by atoms with E-state index in [1.54, 1.807) is 13.8 Å². The number of nitrogens with zero attached hydrogens (tertiary/aromatic N) is 3. The first-order valence-corrected chi connectivity index (χ1v) is 16.0. The third-order valence-electron chi connectivity index (χ3n) is 7.05. The van der Waals surface area contributed by atoms with Gasteiger partial charge in [-0.3, -0.25) is 14.2 Å². The fourth-order valence-corrected chi connectivity index (χ4v) is 5.55. The molecular weight excluding hydrogens is 524 g/mol. The zero-order valence-electron chi connectivity index (χ0n) is 25.0. The lowest BCUT2D eigenvalue weighted by atomic mass is 10.1. The maximum absolute atomic E-state index is 13.1. The van der Waals surface area contributed by atoms with Crippen LogP contribution in [-0.2, 0) is 24.3 Å². The van der Waals surface area contributed by atoms with Crippen molar-refractivity contribution in [1.29, 1.82) is 0 Å². The maximum Gasteiger partial charge on any atom is 0.347 e. The van der Waals surface area contributed by atoms with Gasteiger partial charge < -0.3 is 10.4 Å². The standard InChI is InChI=1S/C31H50N4O4S/c1-5-7-9-11-15-22-34-28(36)27(33-35(30(34)39)23-16-12-10-8-6-2)32-21-14-13-18-25-19-17-20-26(24-25)40-31(3,4)29(37)38/h17,19-20,24H,5-16,18,21-23H2,1-4H3,(H,32,33)(H,37,38). The van der Waals surface area contributed by atoms with Crippen LogP contribution in [0.15, 0.2) is 38.8 Å². The smallest absolute Gasteiger partial charge is 0.347 e. The summed E-state index contributed by atoms with van der Waals surface area (Å²) in [6, 6.07) is 8.02. The number of hydrogen-bond donors (Lipinski definition) is 2. The van der Waals surface area contributed by atoms with Crippen LogP contribution in [0.3, 0.4) is 0 Å². The molecule has 0 unspecified atom stereocenters. The van der Waals surface area contributed by atoms with Crippen LogP contribution >= 0.6 is 11.8 Å². The van der Waals surface area contributed by atoms with E-state index in [0.29, 0.717) is 19.6 Å². The molecule has 224 valence electrons. The van der Waals surface area contributed by atoms with Crippen LogP contribution in [0.4, 0.5) is 5.82 Å². The number of aryl methyl sites for hydroxylation is 2. The number of rotatable bonds is 21. The van der Waals surface area contributed by atoms with Gasteiger partial charge in [0.15, 0.2) is 0 Å². The van der Waals surface area contributed by atoms with Crippen molar-refractivity contribution in [3.05, 3.63) is 50.7 Å². The highest BCUT2D eigenvalue weighted by molar-refractivity contribution is 8.01. The summed E-state index contributed by atoms with van der Waals surface area (Å²) in [6.45, 7) is 9.32. The van der Waals surface area contributed by atoms with Crippen LogP contribution in [0, 0.1) is 0 Å². The molecular formula is C31H50N4O4S. The number of nitrogens with one attached hydrogen (secondary N) is 1. The Morgan fingerprint density at radius 2 is 1.57 bits per heavy atom. The minimum atomic E-state index is -0.885. The minimum absolute atomic E-state index is 0.260. The summed E-state index contributed by atoms with van der Waals surface area (Å²) < 4.78 is 1.96. The molecule has 0 aliphatic rings. The van der Waals surface area contributed by atoms with Gasteiger partial charge in [-0.05, 0) is 63.6 Å². The van der Waals surface area contributed by atoms with E-state index in [1.165, 1.54) is 40.3 Å². The highest BCUT2D eigenvalue weighted by Gasteiger charge is 2.28. The number of carboxylic acid groups (broad SMARTS) is 1. The Kier molecular flexibility index (Phi) is 15.1. The Hall–Kier alpha value is -2.55. The second-order valence-electron chi connectivity index (χ2n) is 11.1. The molecule has 1 heterocycles. The Morgan fingerprint density at radius 3 is 2.23 bits per heavy atom. The molecule has 0 aliphatic heterocycles. The van der Waals surface area contributed by atoms with Gasteiger partial charge in [-0.15, -0.1) is 16.9 Å². The van der Waals surface area contributed by atoms with Crippen LogP contribution in [0.1, 0.15) is 110 Å². The summed E-state index contributed by atoms with van der Waals surface area (Å²) in [4.78, 5) is 38.6. The van der Waals surface area contributed by atoms with Crippen molar-refractivity contribution >= 4 is 23.5 Å². The van der Waals surface area contributed by atoms with Crippen LogP contribution in [0.2, 0.25) is 0 Å². The molecule has 2 N–H and O–H groups in total. The summed E-state index contributed by atoms with van der Waals surface area (Å²) in [5.41, 5.74) is 0.533. The third kappa shape index (κ3) is 11.5. The summed E-state index contributed by atoms with van der Waals surface area (Å²) in [5.74, 6) is -0.572. The molecule has 40 heavy (non-hydrogen) atoms. The van der Waals surface area contributed by atoms with Gasteiger partial charge in [0.1, 0.15) is 4.75 Å².